The first kappa shape index (κ1) is 25.9. The second-order valence-electron chi connectivity index (χ2n) is 8.64. The van der Waals surface area contributed by atoms with Crippen molar-refractivity contribution in [2.75, 3.05) is 0 Å². The number of amides is 2. The van der Waals surface area contributed by atoms with E-state index in [2.05, 4.69) is 10.1 Å². The Kier molecular flexibility index (Phi) is 7.28. The lowest BCUT2D eigenvalue weighted by atomic mass is 9.96. The summed E-state index contributed by atoms with van der Waals surface area (Å²) in [7, 11) is 0. The number of benzene rings is 3. The summed E-state index contributed by atoms with van der Waals surface area (Å²) in [6, 6.07) is 17.5. The Bertz CT molecular complexity index is 1290. The van der Waals surface area contributed by atoms with E-state index in [1.54, 1.807) is 37.3 Å². The van der Waals surface area contributed by atoms with Gasteiger partial charge in [0, 0.05) is 6.42 Å². The number of imide groups is 1. The van der Waals surface area contributed by atoms with Gasteiger partial charge >= 0.3 is 12.5 Å². The highest BCUT2D eigenvalue weighted by Gasteiger charge is 2.44. The average molecular weight is 515 g/mol. The van der Waals surface area contributed by atoms with Crippen LogP contribution in [0.1, 0.15) is 31.4 Å². The number of carbonyl (C=O) groups excluding carboxylic acids is 2. The van der Waals surface area contributed by atoms with E-state index < -0.39 is 24.0 Å². The summed E-state index contributed by atoms with van der Waals surface area (Å²) in [4.78, 5) is 23.5. The molecule has 1 atom stereocenters. The monoisotopic (exact) mass is 515 g/mol. The van der Waals surface area contributed by atoms with Gasteiger partial charge in [0.1, 0.15) is 28.7 Å². The van der Waals surface area contributed by atoms with Crippen LogP contribution in [0.4, 0.5) is 18.0 Å². The quantitative estimate of drug-likeness (QED) is 0.342. The summed E-state index contributed by atoms with van der Waals surface area (Å²) >= 11 is 0. The van der Waals surface area contributed by atoms with Crippen LogP contribution in [-0.2, 0) is 22.4 Å². The van der Waals surface area contributed by atoms with E-state index in [4.69, 9.17) is 14.2 Å². The van der Waals surface area contributed by atoms with E-state index in [9.17, 15) is 22.8 Å². The molecule has 7 nitrogen and oxygen atoms in total. The number of hydrogen-bond acceptors (Lipinski definition) is 6. The molecule has 37 heavy (non-hydrogen) atoms. The Balaban J connectivity index is 1.48. The van der Waals surface area contributed by atoms with Crippen LogP contribution in [-0.4, -0.2) is 24.0 Å². The molecule has 0 saturated carbocycles. The molecule has 3 aromatic rings. The van der Waals surface area contributed by atoms with Crippen LogP contribution in [0.15, 0.2) is 66.7 Å². The Hall–Kier alpha value is -4.21. The highest BCUT2D eigenvalue weighted by Crippen LogP contribution is 2.34. The highest BCUT2D eigenvalue weighted by molar-refractivity contribution is 6.02. The fraction of sp³-hybridized carbons (Fsp3) is 0.259. The first-order chi connectivity index (χ1) is 17.5. The molecular formula is C27H24F3NO6. The van der Waals surface area contributed by atoms with E-state index in [-0.39, 0.29) is 12.2 Å². The smallest absolute Gasteiger partial charge is 0.457 e. The third-order valence-electron chi connectivity index (χ3n) is 5.53. The minimum absolute atomic E-state index is 0.184. The van der Waals surface area contributed by atoms with Crippen molar-refractivity contribution in [1.82, 2.24) is 5.32 Å². The minimum atomic E-state index is -4.76. The fourth-order valence-electron chi connectivity index (χ4n) is 3.88. The Labute approximate surface area is 211 Å². The zero-order chi connectivity index (χ0) is 26.6. The maximum absolute atomic E-state index is 12.4. The van der Waals surface area contributed by atoms with Crippen molar-refractivity contribution in [1.29, 1.82) is 0 Å². The molecule has 1 aliphatic rings. The number of ether oxygens (including phenoxy) is 4. The molecule has 10 heteroatoms. The predicted octanol–water partition coefficient (Wildman–Crippen LogP) is 6.69. The summed E-state index contributed by atoms with van der Waals surface area (Å²) in [5, 5.41) is 2.14. The van der Waals surface area contributed by atoms with Gasteiger partial charge in [0.05, 0.1) is 0 Å². The van der Waals surface area contributed by atoms with Gasteiger partial charge in [0.15, 0.2) is 5.60 Å². The van der Waals surface area contributed by atoms with Crippen molar-refractivity contribution >= 4 is 12.0 Å². The topological polar surface area (TPSA) is 83.1 Å². The van der Waals surface area contributed by atoms with Gasteiger partial charge in [-0.05, 0) is 79.1 Å². The van der Waals surface area contributed by atoms with Crippen molar-refractivity contribution in [3.05, 3.63) is 77.9 Å². The fourth-order valence-corrected chi connectivity index (χ4v) is 3.88. The van der Waals surface area contributed by atoms with Crippen molar-refractivity contribution in [2.45, 2.75) is 45.1 Å². The molecule has 1 aliphatic heterocycles. The number of nitrogens with one attached hydrogen (secondary N) is 1. The van der Waals surface area contributed by atoms with Gasteiger partial charge in [-0.15, -0.1) is 13.2 Å². The van der Waals surface area contributed by atoms with Crippen molar-refractivity contribution in [3.8, 4) is 28.7 Å². The second-order valence-corrected chi connectivity index (χ2v) is 8.64. The SMILES string of the molecule is CCCc1cc(Oc2ccc(OC(F)(F)F)cc2)ccc1Oc1cccc(C[C@@]2(C)OC(=O)NC2=O)c1. The Morgan fingerprint density at radius 1 is 0.892 bits per heavy atom. The number of alkyl halides is 3. The molecule has 0 aliphatic carbocycles. The molecule has 1 N–H and O–H groups in total. The molecule has 1 heterocycles. The first-order valence-electron chi connectivity index (χ1n) is 11.5. The number of halogens is 3. The number of rotatable bonds is 9. The number of carbonyl (C=O) groups is 2. The summed E-state index contributed by atoms with van der Waals surface area (Å²) < 4.78 is 58.0. The Morgan fingerprint density at radius 3 is 2.22 bits per heavy atom. The van der Waals surface area contributed by atoms with Gasteiger partial charge in [-0.1, -0.05) is 25.5 Å². The van der Waals surface area contributed by atoms with Gasteiger partial charge in [0.2, 0.25) is 0 Å². The molecule has 1 fully saturated rings. The summed E-state index contributed by atoms with van der Waals surface area (Å²) in [5.41, 5.74) is 0.331. The van der Waals surface area contributed by atoms with Crippen LogP contribution in [0.25, 0.3) is 0 Å². The normalized spacial score (nSPS) is 17.2. The molecule has 1 saturated heterocycles. The third kappa shape index (κ3) is 6.72. The average Bonchev–Trinajstić information content (AvgIpc) is 3.07. The molecule has 0 aromatic heterocycles. The number of alkyl carbamates (subject to hydrolysis) is 1. The maximum Gasteiger partial charge on any atom is 0.573 e. The van der Waals surface area contributed by atoms with Gasteiger partial charge in [0.25, 0.3) is 5.91 Å². The number of aryl methyl sites for hydroxylation is 1. The van der Waals surface area contributed by atoms with Crippen LogP contribution in [0, 0.1) is 0 Å². The van der Waals surface area contributed by atoms with Crippen LogP contribution < -0.4 is 19.5 Å². The largest absolute Gasteiger partial charge is 0.573 e. The van der Waals surface area contributed by atoms with Gasteiger partial charge in [-0.2, -0.15) is 0 Å². The molecular weight excluding hydrogens is 491 g/mol. The zero-order valence-corrected chi connectivity index (χ0v) is 20.1. The molecule has 4 rings (SSSR count). The maximum atomic E-state index is 12.4. The van der Waals surface area contributed by atoms with Crippen molar-refractivity contribution in [2.24, 2.45) is 0 Å². The molecule has 2 amide bonds. The van der Waals surface area contributed by atoms with E-state index >= 15 is 0 Å². The summed E-state index contributed by atoms with van der Waals surface area (Å²) in [6.45, 7) is 3.57. The first-order valence-corrected chi connectivity index (χ1v) is 11.5. The third-order valence-corrected chi connectivity index (χ3v) is 5.53. The lowest BCUT2D eigenvalue weighted by Crippen LogP contribution is -2.38. The van der Waals surface area contributed by atoms with Crippen LogP contribution in [0.3, 0.4) is 0 Å². The van der Waals surface area contributed by atoms with Gasteiger partial charge in [-0.25, -0.2) is 4.79 Å². The van der Waals surface area contributed by atoms with E-state index in [1.807, 2.05) is 19.1 Å². The van der Waals surface area contributed by atoms with Crippen molar-refractivity contribution in [3.63, 3.8) is 0 Å². The van der Waals surface area contributed by atoms with E-state index in [0.29, 0.717) is 29.4 Å². The Morgan fingerprint density at radius 2 is 1.57 bits per heavy atom. The number of hydrogen-bond donors (Lipinski definition) is 1. The van der Waals surface area contributed by atoms with E-state index in [0.717, 1.165) is 17.5 Å². The van der Waals surface area contributed by atoms with Crippen molar-refractivity contribution < 1.29 is 41.7 Å². The molecule has 3 aromatic carbocycles. The molecule has 0 spiro atoms. The number of cyclic esters (lactones) is 1. The summed E-state index contributed by atoms with van der Waals surface area (Å²) in [5.74, 6) is 1.17. The predicted molar refractivity (Wildman–Crippen MR) is 127 cm³/mol. The zero-order valence-electron chi connectivity index (χ0n) is 20.1. The lowest BCUT2D eigenvalue weighted by Gasteiger charge is -2.19. The standard InChI is InChI=1S/C27H24F3NO6/c1-3-5-18-15-22(34-19-8-10-20(11-9-19)36-27(28,29)30)12-13-23(18)35-21-7-4-6-17(14-21)16-26(2)24(32)31-25(33)37-26/h4,6-15H,3,5,16H2,1-2H3,(H,31,32,33)/t26-/m1/s1. The molecule has 0 bridgehead atoms. The second kappa shape index (κ2) is 10.4. The van der Waals surface area contributed by atoms with E-state index in [1.165, 1.54) is 24.3 Å². The minimum Gasteiger partial charge on any atom is -0.457 e. The molecule has 0 radical (unpaired) electrons. The molecule has 194 valence electrons. The lowest BCUT2D eigenvalue weighted by molar-refractivity contribution is -0.274. The summed E-state index contributed by atoms with van der Waals surface area (Å²) in [6.07, 6.45) is -3.82. The van der Waals surface area contributed by atoms with Crippen LogP contribution >= 0.6 is 0 Å². The van der Waals surface area contributed by atoms with Crippen LogP contribution in [0.2, 0.25) is 0 Å². The highest BCUT2D eigenvalue weighted by atomic mass is 19.4. The van der Waals surface area contributed by atoms with Crippen LogP contribution in [0.5, 0.6) is 28.7 Å². The van der Waals surface area contributed by atoms with Gasteiger partial charge < -0.3 is 18.9 Å². The van der Waals surface area contributed by atoms with Gasteiger partial charge in [-0.3, -0.25) is 10.1 Å². The molecule has 0 unspecified atom stereocenters.